The Morgan fingerprint density at radius 1 is 0.422 bits per heavy atom. The topological polar surface area (TPSA) is 38.9 Å². The number of aromatic nitrogens is 2. The van der Waals surface area contributed by atoms with Crippen molar-refractivity contribution >= 4 is 43.6 Å². The number of hydrogen-bond donors (Lipinski definition) is 0. The van der Waals surface area contributed by atoms with E-state index in [1.807, 2.05) is 24.3 Å². The Hall–Kier alpha value is -6.06. The maximum absolute atomic E-state index is 6.80. The first-order chi connectivity index (χ1) is 22.3. The highest BCUT2D eigenvalue weighted by molar-refractivity contribution is 6.18. The first-order valence-electron chi connectivity index (χ1n) is 15.2. The van der Waals surface area contributed by atoms with E-state index in [9.17, 15) is 0 Å². The van der Waals surface area contributed by atoms with Crippen molar-refractivity contribution in [2.45, 2.75) is 0 Å². The van der Waals surface area contributed by atoms with Crippen molar-refractivity contribution in [3.63, 3.8) is 0 Å². The average Bonchev–Trinajstić information content (AvgIpc) is 3.49. The smallest absolute Gasteiger partial charge is 0.161 e. The van der Waals surface area contributed by atoms with Crippen molar-refractivity contribution in [2.24, 2.45) is 0 Å². The second-order valence-corrected chi connectivity index (χ2v) is 11.4. The molecule has 0 amide bonds. The second-order valence-electron chi connectivity index (χ2n) is 11.4. The number of hydrogen-bond acceptors (Lipinski definition) is 3. The van der Waals surface area contributed by atoms with Crippen molar-refractivity contribution in [3.8, 4) is 44.9 Å². The highest BCUT2D eigenvalue weighted by Gasteiger charge is 2.21. The van der Waals surface area contributed by atoms with Crippen LogP contribution in [0.2, 0.25) is 0 Å². The number of rotatable bonds is 4. The summed E-state index contributed by atoms with van der Waals surface area (Å²) in [4.78, 5) is 10.4. The summed E-state index contributed by atoms with van der Waals surface area (Å²) in [5.41, 5.74) is 10.0. The molecule has 2 aromatic heterocycles. The molecule has 0 bridgehead atoms. The van der Waals surface area contributed by atoms with E-state index < -0.39 is 0 Å². The maximum Gasteiger partial charge on any atom is 0.161 e. The molecule has 45 heavy (non-hydrogen) atoms. The van der Waals surface area contributed by atoms with E-state index in [4.69, 9.17) is 14.4 Å². The van der Waals surface area contributed by atoms with Gasteiger partial charge in [0.1, 0.15) is 11.2 Å². The molecule has 0 saturated heterocycles. The molecule has 0 aliphatic rings. The molecule has 9 rings (SSSR count). The Bertz CT molecular complexity index is 2530. The molecule has 7 aromatic carbocycles. The predicted octanol–water partition coefficient (Wildman–Crippen LogP) is 11.4. The van der Waals surface area contributed by atoms with Gasteiger partial charge in [0, 0.05) is 32.8 Å². The third kappa shape index (κ3) is 4.29. The van der Waals surface area contributed by atoms with Gasteiger partial charge in [-0.3, -0.25) is 0 Å². The van der Waals surface area contributed by atoms with Gasteiger partial charge in [0.2, 0.25) is 0 Å². The zero-order valence-electron chi connectivity index (χ0n) is 24.3. The molecule has 0 aliphatic carbocycles. The Labute approximate surface area is 260 Å². The van der Waals surface area contributed by atoms with Gasteiger partial charge in [0.05, 0.1) is 11.2 Å². The summed E-state index contributed by atoms with van der Waals surface area (Å²) in [5.74, 6) is 0.679. The minimum absolute atomic E-state index is 0.679. The Morgan fingerprint density at radius 3 is 1.89 bits per heavy atom. The fourth-order valence-corrected chi connectivity index (χ4v) is 6.49. The van der Waals surface area contributed by atoms with Crippen LogP contribution in [-0.4, -0.2) is 9.97 Å². The zero-order chi connectivity index (χ0) is 29.7. The number of para-hydroxylation sites is 1. The van der Waals surface area contributed by atoms with E-state index in [2.05, 4.69) is 133 Å². The van der Waals surface area contributed by atoms with Crippen LogP contribution in [0.15, 0.2) is 162 Å². The molecule has 0 unspecified atom stereocenters. The summed E-state index contributed by atoms with van der Waals surface area (Å²) in [6, 6.07) is 54.9. The number of nitrogens with zero attached hydrogens (tertiary/aromatic N) is 2. The zero-order valence-corrected chi connectivity index (χ0v) is 24.3. The molecule has 3 heteroatoms. The van der Waals surface area contributed by atoms with E-state index in [1.54, 1.807) is 0 Å². The van der Waals surface area contributed by atoms with Crippen LogP contribution in [-0.2, 0) is 0 Å². The summed E-state index contributed by atoms with van der Waals surface area (Å²) in [7, 11) is 0. The minimum atomic E-state index is 0.679. The average molecular weight is 575 g/mol. The van der Waals surface area contributed by atoms with Gasteiger partial charge < -0.3 is 4.42 Å². The lowest BCUT2D eigenvalue weighted by Crippen LogP contribution is -1.96. The van der Waals surface area contributed by atoms with Crippen LogP contribution in [0.3, 0.4) is 0 Å². The van der Waals surface area contributed by atoms with Gasteiger partial charge in [-0.25, -0.2) is 9.97 Å². The molecule has 0 fully saturated rings. The van der Waals surface area contributed by atoms with Crippen LogP contribution < -0.4 is 0 Å². The lowest BCUT2D eigenvalue weighted by Gasteiger charge is -2.12. The van der Waals surface area contributed by atoms with Crippen LogP contribution in [0.4, 0.5) is 0 Å². The minimum Gasteiger partial charge on any atom is -0.455 e. The predicted molar refractivity (Wildman–Crippen MR) is 186 cm³/mol. The van der Waals surface area contributed by atoms with Gasteiger partial charge in [0.25, 0.3) is 0 Å². The van der Waals surface area contributed by atoms with E-state index >= 15 is 0 Å². The van der Waals surface area contributed by atoms with Gasteiger partial charge in [-0.2, -0.15) is 0 Å². The third-order valence-electron chi connectivity index (χ3n) is 8.66. The van der Waals surface area contributed by atoms with Crippen LogP contribution in [0.25, 0.3) is 88.5 Å². The third-order valence-corrected chi connectivity index (χ3v) is 8.66. The first kappa shape index (κ1) is 25.4. The molecule has 0 radical (unpaired) electrons. The summed E-state index contributed by atoms with van der Waals surface area (Å²) >= 11 is 0. The fourth-order valence-electron chi connectivity index (χ4n) is 6.49. The molecule has 0 spiro atoms. The van der Waals surface area contributed by atoms with E-state index in [1.165, 1.54) is 10.9 Å². The Morgan fingerprint density at radius 2 is 1.07 bits per heavy atom. The molecule has 9 aromatic rings. The molecule has 2 heterocycles. The molecule has 0 N–H and O–H groups in total. The molecule has 0 atom stereocenters. The summed E-state index contributed by atoms with van der Waals surface area (Å²) < 4.78 is 6.80. The summed E-state index contributed by atoms with van der Waals surface area (Å²) in [6.45, 7) is 0. The van der Waals surface area contributed by atoms with Gasteiger partial charge in [-0.05, 0) is 63.9 Å². The lowest BCUT2D eigenvalue weighted by atomic mass is 9.95. The van der Waals surface area contributed by atoms with Gasteiger partial charge >= 0.3 is 0 Å². The SMILES string of the molecule is c1ccc(-c2cccc(-c3ccc(-c4nc(-c5ccccc5)c5ccccc5n4)c4c3oc3cc5ccccc5cc34)c2)cc1. The van der Waals surface area contributed by atoms with Crippen LogP contribution in [0, 0.1) is 0 Å². The molecule has 210 valence electrons. The monoisotopic (exact) mass is 574 g/mol. The van der Waals surface area contributed by atoms with Crippen LogP contribution >= 0.6 is 0 Å². The summed E-state index contributed by atoms with van der Waals surface area (Å²) in [6.07, 6.45) is 0. The maximum atomic E-state index is 6.80. The van der Waals surface area contributed by atoms with Gasteiger partial charge in [0.15, 0.2) is 5.82 Å². The highest BCUT2D eigenvalue weighted by atomic mass is 16.3. The van der Waals surface area contributed by atoms with Gasteiger partial charge in [-0.1, -0.05) is 121 Å². The van der Waals surface area contributed by atoms with Crippen molar-refractivity contribution < 1.29 is 4.42 Å². The van der Waals surface area contributed by atoms with E-state index in [0.29, 0.717) is 5.82 Å². The summed E-state index contributed by atoms with van der Waals surface area (Å²) in [5, 5.41) is 5.41. The first-order valence-corrected chi connectivity index (χ1v) is 15.2. The standard InChI is InChI=1S/C42H26N2O/c1-3-12-27(13-4-1)29-18-11-19-32(24-29)33-22-23-35(39-36-25-30-16-7-8-17-31(30)26-38(36)45-41(33)39)42-43-37-21-10-9-20-34(37)40(44-42)28-14-5-2-6-15-28/h1-26H. The second kappa shape index (κ2) is 10.3. The lowest BCUT2D eigenvalue weighted by molar-refractivity contribution is 0.670. The molecule has 3 nitrogen and oxygen atoms in total. The van der Waals surface area contributed by atoms with Crippen LogP contribution in [0.1, 0.15) is 0 Å². The van der Waals surface area contributed by atoms with Crippen LogP contribution in [0.5, 0.6) is 0 Å². The van der Waals surface area contributed by atoms with E-state index in [-0.39, 0.29) is 0 Å². The molecular formula is C42H26N2O. The highest BCUT2D eigenvalue weighted by Crippen LogP contribution is 2.43. The number of benzene rings is 7. The van der Waals surface area contributed by atoms with Crippen molar-refractivity contribution in [1.82, 2.24) is 9.97 Å². The normalized spacial score (nSPS) is 11.6. The quantitative estimate of drug-likeness (QED) is 0.210. The number of furan rings is 1. The van der Waals surface area contributed by atoms with Crippen molar-refractivity contribution in [2.75, 3.05) is 0 Å². The Kier molecular flexibility index (Phi) is 5.82. The Balaban J connectivity index is 1.35. The molecule has 0 aliphatic heterocycles. The van der Waals surface area contributed by atoms with E-state index in [0.717, 1.165) is 71.7 Å². The molecule has 0 saturated carbocycles. The fraction of sp³-hybridized carbons (Fsp3) is 0. The van der Waals surface area contributed by atoms with Crippen molar-refractivity contribution in [3.05, 3.63) is 158 Å². The molecular weight excluding hydrogens is 548 g/mol. The number of fused-ring (bicyclic) bond motifs is 5. The van der Waals surface area contributed by atoms with Gasteiger partial charge in [-0.15, -0.1) is 0 Å². The van der Waals surface area contributed by atoms with Crippen molar-refractivity contribution in [1.29, 1.82) is 0 Å². The largest absolute Gasteiger partial charge is 0.455 e.